The third-order valence-electron chi connectivity index (χ3n) is 7.06. The predicted molar refractivity (Wildman–Crippen MR) is 172 cm³/mol. The normalized spacial score (nSPS) is 11.8. The third kappa shape index (κ3) is 9.00. The van der Waals surface area contributed by atoms with Crippen molar-refractivity contribution in [1.82, 2.24) is 19.9 Å². The standard InChI is InChI=1S/C30H39BrN5O6P/c1-3-4-8-26-35-28-29(36(26)19-22-10-12-25(20(2)16-22)42-43(38,39)40)23-17-21(9-11-24(23)34-30(28)32)7-5-14-41-15-6-13-33-27(37)18-31/h9-12,16-17H,3-8,13-15,18-19H2,1-2H3,(H2,32,34)(H,33,37)(H2,38,39,40). The van der Waals surface area contributed by atoms with E-state index in [0.29, 0.717) is 48.5 Å². The number of fused-ring (bicyclic) bond motifs is 3. The van der Waals surface area contributed by atoms with E-state index in [9.17, 15) is 19.1 Å². The van der Waals surface area contributed by atoms with Gasteiger partial charge in [0.05, 0.1) is 16.4 Å². The molecule has 2 aromatic heterocycles. The fourth-order valence-electron chi connectivity index (χ4n) is 5.01. The minimum atomic E-state index is -4.66. The zero-order chi connectivity index (χ0) is 31.0. The van der Waals surface area contributed by atoms with E-state index in [2.05, 4.69) is 49.9 Å². The number of benzene rings is 2. The monoisotopic (exact) mass is 675 g/mol. The number of aromatic nitrogens is 3. The molecule has 0 spiro atoms. The average molecular weight is 677 g/mol. The number of ether oxygens (including phenoxy) is 1. The second-order valence-corrected chi connectivity index (χ2v) is 12.2. The number of hydrogen-bond donors (Lipinski definition) is 4. The van der Waals surface area contributed by atoms with Crippen LogP contribution in [0.15, 0.2) is 36.4 Å². The smallest absolute Gasteiger partial charge is 0.404 e. The summed E-state index contributed by atoms with van der Waals surface area (Å²) in [5, 5.41) is 4.08. The van der Waals surface area contributed by atoms with Crippen LogP contribution < -0.4 is 15.6 Å². The van der Waals surface area contributed by atoms with E-state index >= 15 is 0 Å². The number of imidazole rings is 1. The number of carbonyl (C=O) groups excluding carboxylic acids is 1. The molecule has 5 N–H and O–H groups in total. The van der Waals surface area contributed by atoms with Crippen LogP contribution in [0.3, 0.4) is 0 Å². The number of aryl methyl sites for hydroxylation is 3. The summed E-state index contributed by atoms with van der Waals surface area (Å²) in [6, 6.07) is 11.5. The number of amides is 1. The molecule has 0 fully saturated rings. The molecule has 0 saturated heterocycles. The molecule has 4 rings (SSSR count). The van der Waals surface area contributed by atoms with Crippen molar-refractivity contribution in [3.05, 3.63) is 58.9 Å². The maximum atomic E-state index is 11.4. The van der Waals surface area contributed by atoms with Gasteiger partial charge in [-0.3, -0.25) is 14.6 Å². The number of alkyl halides is 1. The molecule has 232 valence electrons. The van der Waals surface area contributed by atoms with Gasteiger partial charge < -0.3 is 24.9 Å². The minimum absolute atomic E-state index is 0.0266. The summed E-state index contributed by atoms with van der Waals surface area (Å²) in [5.41, 5.74) is 11.5. The molecule has 4 aromatic rings. The fourth-order valence-corrected chi connectivity index (χ4v) is 5.67. The molecular formula is C30H39BrN5O6P. The molecule has 2 heterocycles. The van der Waals surface area contributed by atoms with Gasteiger partial charge in [0, 0.05) is 38.1 Å². The Kier molecular flexibility index (Phi) is 11.6. The van der Waals surface area contributed by atoms with E-state index in [1.165, 1.54) is 0 Å². The van der Waals surface area contributed by atoms with Crippen LogP contribution in [0.4, 0.5) is 5.82 Å². The molecule has 0 radical (unpaired) electrons. The van der Waals surface area contributed by atoms with Gasteiger partial charge in [-0.2, -0.15) is 0 Å². The Balaban J connectivity index is 1.58. The number of nitrogens with two attached hydrogens (primary N) is 1. The number of phosphoric ester groups is 1. The highest BCUT2D eigenvalue weighted by Gasteiger charge is 2.20. The summed E-state index contributed by atoms with van der Waals surface area (Å²) < 4.78 is 24.1. The van der Waals surface area contributed by atoms with Crippen molar-refractivity contribution in [3.63, 3.8) is 0 Å². The first-order chi connectivity index (χ1) is 20.6. The number of nitrogens with one attached hydrogen (secondary N) is 1. The Morgan fingerprint density at radius 2 is 1.84 bits per heavy atom. The number of rotatable bonds is 16. The van der Waals surface area contributed by atoms with Crippen molar-refractivity contribution in [2.45, 2.75) is 58.9 Å². The number of nitrogens with zero attached hydrogens (tertiary/aromatic N) is 3. The molecule has 0 bridgehead atoms. The van der Waals surface area contributed by atoms with Crippen LogP contribution in [0, 0.1) is 6.92 Å². The Morgan fingerprint density at radius 3 is 2.56 bits per heavy atom. The molecule has 2 aromatic carbocycles. The van der Waals surface area contributed by atoms with E-state index < -0.39 is 7.82 Å². The summed E-state index contributed by atoms with van der Waals surface area (Å²) in [7, 11) is -4.66. The van der Waals surface area contributed by atoms with Crippen molar-refractivity contribution >= 4 is 57.4 Å². The van der Waals surface area contributed by atoms with E-state index in [1.807, 2.05) is 12.1 Å². The van der Waals surface area contributed by atoms with Crippen LogP contribution in [0.25, 0.3) is 21.9 Å². The van der Waals surface area contributed by atoms with Crippen LogP contribution in [-0.2, 0) is 33.5 Å². The van der Waals surface area contributed by atoms with Gasteiger partial charge in [-0.1, -0.05) is 47.5 Å². The summed E-state index contributed by atoms with van der Waals surface area (Å²) in [6.45, 7) is 6.21. The molecule has 0 unspecified atom stereocenters. The Labute approximate surface area is 259 Å². The van der Waals surface area contributed by atoms with Crippen LogP contribution in [0.2, 0.25) is 0 Å². The van der Waals surface area contributed by atoms with E-state index in [-0.39, 0.29) is 11.7 Å². The van der Waals surface area contributed by atoms with Crippen molar-refractivity contribution < 1.29 is 28.4 Å². The first kappa shape index (κ1) is 32.9. The number of anilines is 1. The molecule has 13 heteroatoms. The molecular weight excluding hydrogens is 637 g/mol. The highest BCUT2D eigenvalue weighted by Crippen LogP contribution is 2.39. The SMILES string of the molecule is CCCCc1nc2c(N)nc3ccc(CCCOCCCNC(=O)CBr)cc3c2n1Cc1ccc(OP(=O)(O)O)c(C)c1. The quantitative estimate of drug-likeness (QED) is 0.0711. The minimum Gasteiger partial charge on any atom is -0.404 e. The summed E-state index contributed by atoms with van der Waals surface area (Å²) in [4.78, 5) is 39.3. The number of halogens is 1. The number of nitrogen functional groups attached to an aromatic ring is 1. The average Bonchev–Trinajstić information content (AvgIpc) is 3.33. The Morgan fingerprint density at radius 1 is 1.07 bits per heavy atom. The van der Waals surface area contributed by atoms with Crippen molar-refractivity contribution in [2.75, 3.05) is 30.8 Å². The van der Waals surface area contributed by atoms with Gasteiger partial charge in [0.25, 0.3) is 0 Å². The summed E-state index contributed by atoms with van der Waals surface area (Å²) >= 11 is 3.13. The molecule has 1 amide bonds. The predicted octanol–water partition coefficient (Wildman–Crippen LogP) is 5.19. The molecule has 0 aliphatic carbocycles. The third-order valence-corrected chi connectivity index (χ3v) is 8.00. The number of pyridine rings is 1. The number of unbranched alkanes of at least 4 members (excludes halogenated alkanes) is 1. The largest absolute Gasteiger partial charge is 0.524 e. The highest BCUT2D eigenvalue weighted by atomic mass is 79.9. The van der Waals surface area contributed by atoms with Crippen LogP contribution in [0.5, 0.6) is 5.75 Å². The number of phosphoric acid groups is 1. The van der Waals surface area contributed by atoms with Crippen molar-refractivity contribution in [3.8, 4) is 5.75 Å². The summed E-state index contributed by atoms with van der Waals surface area (Å²) in [6.07, 6.45) is 5.22. The lowest BCUT2D eigenvalue weighted by atomic mass is 10.1. The van der Waals surface area contributed by atoms with Crippen LogP contribution in [-0.4, -0.2) is 55.3 Å². The Bertz CT molecular complexity index is 1620. The highest BCUT2D eigenvalue weighted by molar-refractivity contribution is 9.09. The number of carbonyl (C=O) groups is 1. The van der Waals surface area contributed by atoms with Gasteiger partial charge >= 0.3 is 7.82 Å². The molecule has 0 aliphatic heterocycles. The van der Waals surface area contributed by atoms with Gasteiger partial charge in [0.15, 0.2) is 5.82 Å². The summed E-state index contributed by atoms with van der Waals surface area (Å²) in [5.74, 6) is 1.42. The lowest BCUT2D eigenvalue weighted by molar-refractivity contribution is -0.118. The maximum Gasteiger partial charge on any atom is 0.524 e. The molecule has 0 aliphatic rings. The first-order valence-corrected chi connectivity index (χ1v) is 17.1. The van der Waals surface area contributed by atoms with Crippen LogP contribution in [0.1, 0.15) is 55.1 Å². The molecule has 11 nitrogen and oxygen atoms in total. The van der Waals surface area contributed by atoms with Gasteiger partial charge in [-0.05, 0) is 67.5 Å². The van der Waals surface area contributed by atoms with E-state index in [1.54, 1.807) is 19.1 Å². The Hall–Kier alpha value is -3.02. The van der Waals surface area contributed by atoms with Gasteiger partial charge in [0.2, 0.25) is 5.91 Å². The maximum absolute atomic E-state index is 11.4. The first-order valence-electron chi connectivity index (χ1n) is 14.4. The van der Waals surface area contributed by atoms with E-state index in [4.69, 9.17) is 20.0 Å². The van der Waals surface area contributed by atoms with Gasteiger partial charge in [0.1, 0.15) is 17.1 Å². The van der Waals surface area contributed by atoms with Crippen molar-refractivity contribution in [2.24, 2.45) is 0 Å². The molecule has 0 saturated carbocycles. The zero-order valence-corrected chi connectivity index (χ0v) is 27.0. The fraction of sp³-hybridized carbons (Fsp3) is 0.433. The second-order valence-electron chi connectivity index (χ2n) is 10.5. The van der Waals surface area contributed by atoms with E-state index in [0.717, 1.165) is 71.9 Å². The zero-order valence-electron chi connectivity index (χ0n) is 24.5. The van der Waals surface area contributed by atoms with Gasteiger partial charge in [-0.15, -0.1) is 0 Å². The van der Waals surface area contributed by atoms with Crippen LogP contribution >= 0.6 is 23.8 Å². The second kappa shape index (κ2) is 15.1. The van der Waals surface area contributed by atoms with Crippen molar-refractivity contribution in [1.29, 1.82) is 0 Å². The molecule has 43 heavy (non-hydrogen) atoms. The molecule has 0 atom stereocenters. The lowest BCUT2D eigenvalue weighted by Gasteiger charge is -2.14. The lowest BCUT2D eigenvalue weighted by Crippen LogP contribution is -2.26. The number of hydrogen-bond acceptors (Lipinski definition) is 7. The van der Waals surface area contributed by atoms with Gasteiger partial charge in [-0.25, -0.2) is 14.5 Å². The topological polar surface area (TPSA) is 162 Å².